The van der Waals surface area contributed by atoms with Crippen LogP contribution in [0.15, 0.2) is 43.0 Å². The van der Waals surface area contributed by atoms with E-state index in [-0.39, 0.29) is 6.04 Å². The van der Waals surface area contributed by atoms with Crippen LogP contribution in [0.4, 0.5) is 0 Å². The van der Waals surface area contributed by atoms with Crippen molar-refractivity contribution < 1.29 is 4.43 Å². The van der Waals surface area contributed by atoms with E-state index in [9.17, 15) is 0 Å². The molecule has 0 saturated carbocycles. The van der Waals surface area contributed by atoms with Gasteiger partial charge in [-0.1, -0.05) is 42.8 Å². The topological polar surface area (TPSA) is 21.3 Å². The zero-order valence-corrected chi connectivity index (χ0v) is 10.7. The van der Waals surface area contributed by atoms with Gasteiger partial charge in [-0.05, 0) is 18.0 Å². The maximum absolute atomic E-state index is 5.81. The Morgan fingerprint density at radius 1 is 1.31 bits per heavy atom. The minimum Gasteiger partial charge on any atom is -0.406 e. The lowest BCUT2D eigenvalue weighted by atomic mass is 10.1. The van der Waals surface area contributed by atoms with Crippen LogP contribution in [-0.2, 0) is 4.43 Å². The Balaban J connectivity index is 1.97. The minimum atomic E-state index is -1.19. The molecule has 2 atom stereocenters. The van der Waals surface area contributed by atoms with Gasteiger partial charge in [0.05, 0.1) is 0 Å². The summed E-state index contributed by atoms with van der Waals surface area (Å²) in [6, 6.07) is 11.9. The van der Waals surface area contributed by atoms with E-state index in [4.69, 9.17) is 4.43 Å². The maximum Gasteiger partial charge on any atom is 0.252 e. The average molecular weight is 233 g/mol. The maximum atomic E-state index is 5.81. The lowest BCUT2D eigenvalue weighted by Crippen LogP contribution is -2.41. The predicted molar refractivity (Wildman–Crippen MR) is 69.7 cm³/mol. The first kappa shape index (κ1) is 11.6. The standard InChI is InChI=1S/C13H19NOSi/c1-2-13(12-8-4-3-5-9-12)14-16-11-7-6-10-15-16/h2-5,8-9,13-14,16H,1,6-7,10-11H2. The van der Waals surface area contributed by atoms with Crippen molar-refractivity contribution in [3.8, 4) is 0 Å². The van der Waals surface area contributed by atoms with Crippen molar-refractivity contribution in [3.63, 3.8) is 0 Å². The first-order valence-electron chi connectivity index (χ1n) is 5.95. The van der Waals surface area contributed by atoms with E-state index in [1.807, 2.05) is 12.1 Å². The summed E-state index contributed by atoms with van der Waals surface area (Å²) in [6.07, 6.45) is 4.50. The van der Waals surface area contributed by atoms with Gasteiger partial charge in [-0.2, -0.15) is 0 Å². The van der Waals surface area contributed by atoms with Gasteiger partial charge in [0.15, 0.2) is 0 Å². The summed E-state index contributed by atoms with van der Waals surface area (Å²) in [4.78, 5) is 3.62. The van der Waals surface area contributed by atoms with Gasteiger partial charge >= 0.3 is 0 Å². The van der Waals surface area contributed by atoms with E-state index >= 15 is 0 Å². The van der Waals surface area contributed by atoms with Crippen molar-refractivity contribution in [3.05, 3.63) is 48.6 Å². The third-order valence-electron chi connectivity index (χ3n) is 2.94. The molecule has 0 aliphatic carbocycles. The molecule has 1 heterocycles. The molecule has 0 bridgehead atoms. The first-order valence-corrected chi connectivity index (χ1v) is 7.82. The Hall–Kier alpha value is -0.903. The Kier molecular flexibility index (Phi) is 4.33. The minimum absolute atomic E-state index is 0.246. The molecule has 1 aromatic rings. The van der Waals surface area contributed by atoms with Crippen LogP contribution >= 0.6 is 0 Å². The zero-order valence-electron chi connectivity index (χ0n) is 9.56. The van der Waals surface area contributed by atoms with Crippen LogP contribution in [0.3, 0.4) is 0 Å². The normalized spacial score (nSPS) is 22.6. The molecule has 86 valence electrons. The van der Waals surface area contributed by atoms with Crippen molar-refractivity contribution in [1.82, 2.24) is 4.98 Å². The van der Waals surface area contributed by atoms with Crippen LogP contribution in [0.2, 0.25) is 6.04 Å². The summed E-state index contributed by atoms with van der Waals surface area (Å²) in [5.41, 5.74) is 1.28. The molecular formula is C13H19NOSi. The highest BCUT2D eigenvalue weighted by Crippen LogP contribution is 2.17. The molecule has 0 aromatic heterocycles. The molecule has 1 aliphatic heterocycles. The molecule has 3 heteroatoms. The molecule has 0 radical (unpaired) electrons. The lowest BCUT2D eigenvalue weighted by Gasteiger charge is -2.26. The summed E-state index contributed by atoms with van der Waals surface area (Å²) in [5, 5.41) is 0. The highest BCUT2D eigenvalue weighted by atomic mass is 28.3. The van der Waals surface area contributed by atoms with Crippen LogP contribution in [0.5, 0.6) is 0 Å². The molecule has 2 rings (SSSR count). The third-order valence-corrected chi connectivity index (χ3v) is 5.24. The molecule has 0 amide bonds. The fraction of sp³-hybridized carbons (Fsp3) is 0.385. The van der Waals surface area contributed by atoms with Gasteiger partial charge in [0.2, 0.25) is 0 Å². The number of benzene rings is 1. The molecule has 0 spiro atoms. The smallest absolute Gasteiger partial charge is 0.252 e. The second-order valence-corrected chi connectivity index (χ2v) is 6.37. The molecular weight excluding hydrogens is 214 g/mol. The zero-order chi connectivity index (χ0) is 11.2. The van der Waals surface area contributed by atoms with Crippen LogP contribution in [0.25, 0.3) is 0 Å². The van der Waals surface area contributed by atoms with Crippen molar-refractivity contribution in [2.45, 2.75) is 24.9 Å². The molecule has 2 nitrogen and oxygen atoms in total. The Morgan fingerprint density at radius 3 is 2.75 bits per heavy atom. The number of nitrogens with one attached hydrogen (secondary N) is 1. The van der Waals surface area contributed by atoms with Crippen molar-refractivity contribution in [2.75, 3.05) is 6.61 Å². The van der Waals surface area contributed by atoms with Crippen LogP contribution in [-0.4, -0.2) is 15.8 Å². The highest BCUT2D eigenvalue weighted by Gasteiger charge is 2.19. The van der Waals surface area contributed by atoms with Crippen LogP contribution in [0.1, 0.15) is 24.4 Å². The van der Waals surface area contributed by atoms with Crippen molar-refractivity contribution in [2.24, 2.45) is 0 Å². The van der Waals surface area contributed by atoms with Crippen LogP contribution < -0.4 is 4.98 Å². The lowest BCUT2D eigenvalue weighted by molar-refractivity contribution is 0.277. The van der Waals surface area contributed by atoms with Gasteiger partial charge in [0.25, 0.3) is 9.20 Å². The summed E-state index contributed by atoms with van der Waals surface area (Å²) in [7, 11) is -1.19. The number of rotatable bonds is 4. The first-order chi connectivity index (χ1) is 7.90. The number of hydrogen-bond acceptors (Lipinski definition) is 2. The Morgan fingerprint density at radius 2 is 2.12 bits per heavy atom. The summed E-state index contributed by atoms with van der Waals surface area (Å²) in [6.45, 7) is 4.84. The predicted octanol–water partition coefficient (Wildman–Crippen LogP) is 2.53. The summed E-state index contributed by atoms with van der Waals surface area (Å²) >= 11 is 0. The summed E-state index contributed by atoms with van der Waals surface area (Å²) in [5.74, 6) is 0. The van der Waals surface area contributed by atoms with E-state index in [1.165, 1.54) is 24.4 Å². The van der Waals surface area contributed by atoms with Crippen molar-refractivity contribution >= 4 is 9.20 Å². The van der Waals surface area contributed by atoms with Gasteiger partial charge in [0.1, 0.15) is 0 Å². The Bertz CT molecular complexity index is 322. The molecule has 2 unspecified atom stereocenters. The molecule has 1 saturated heterocycles. The molecule has 1 aliphatic rings. The van der Waals surface area contributed by atoms with Gasteiger partial charge in [-0.15, -0.1) is 6.58 Å². The molecule has 1 aromatic carbocycles. The molecule has 16 heavy (non-hydrogen) atoms. The third kappa shape index (κ3) is 3.04. The van der Waals surface area contributed by atoms with E-state index in [0.717, 1.165) is 6.61 Å². The SMILES string of the molecule is C=CC(N[SiH]1CCCCO1)c1ccccc1. The fourth-order valence-corrected chi connectivity index (χ4v) is 4.30. The van der Waals surface area contributed by atoms with Gasteiger partial charge in [-0.3, -0.25) is 0 Å². The van der Waals surface area contributed by atoms with E-state index < -0.39 is 9.20 Å². The van der Waals surface area contributed by atoms with Gasteiger partial charge in [0, 0.05) is 12.6 Å². The summed E-state index contributed by atoms with van der Waals surface area (Å²) < 4.78 is 5.81. The largest absolute Gasteiger partial charge is 0.406 e. The van der Waals surface area contributed by atoms with E-state index in [2.05, 4.69) is 35.8 Å². The van der Waals surface area contributed by atoms with Gasteiger partial charge < -0.3 is 9.41 Å². The van der Waals surface area contributed by atoms with Gasteiger partial charge in [-0.25, -0.2) is 0 Å². The fourth-order valence-electron chi connectivity index (χ4n) is 2.03. The highest BCUT2D eigenvalue weighted by molar-refractivity contribution is 6.49. The second kappa shape index (κ2) is 5.99. The Labute approximate surface area is 99.1 Å². The monoisotopic (exact) mass is 233 g/mol. The second-order valence-electron chi connectivity index (χ2n) is 4.15. The molecule has 1 fully saturated rings. The molecule has 1 N–H and O–H groups in total. The average Bonchev–Trinajstić information content (AvgIpc) is 2.38. The van der Waals surface area contributed by atoms with Crippen molar-refractivity contribution in [1.29, 1.82) is 0 Å². The van der Waals surface area contributed by atoms with E-state index in [0.29, 0.717) is 0 Å². The quantitative estimate of drug-likeness (QED) is 0.637. The number of hydrogen-bond donors (Lipinski definition) is 1. The van der Waals surface area contributed by atoms with Crippen LogP contribution in [0, 0.1) is 0 Å². The van der Waals surface area contributed by atoms with E-state index in [1.54, 1.807) is 0 Å².